The lowest BCUT2D eigenvalue weighted by Gasteiger charge is -2.37. The van der Waals surface area contributed by atoms with E-state index < -0.39 is 0 Å². The summed E-state index contributed by atoms with van der Waals surface area (Å²) in [6.07, 6.45) is 7.02. The number of benzene rings is 1. The van der Waals surface area contributed by atoms with Gasteiger partial charge >= 0.3 is 0 Å². The van der Waals surface area contributed by atoms with E-state index in [9.17, 15) is 0 Å². The van der Waals surface area contributed by atoms with Gasteiger partial charge in [-0.3, -0.25) is 4.99 Å². The molecule has 1 aromatic rings. The average molecular weight is 297 g/mol. The van der Waals surface area contributed by atoms with Crippen molar-refractivity contribution in [1.82, 2.24) is 5.32 Å². The predicted octanol–water partition coefficient (Wildman–Crippen LogP) is 3.32. The van der Waals surface area contributed by atoms with Crippen LogP contribution in [0.1, 0.15) is 32.1 Å². The van der Waals surface area contributed by atoms with Gasteiger partial charge in [-0.1, -0.05) is 18.2 Å². The summed E-state index contributed by atoms with van der Waals surface area (Å²) in [5.74, 6) is 3.99. The fourth-order valence-corrected chi connectivity index (χ4v) is 4.83. The molecule has 2 aliphatic carbocycles. The van der Waals surface area contributed by atoms with E-state index in [0.29, 0.717) is 6.04 Å². The van der Waals surface area contributed by atoms with Crippen LogP contribution < -0.4 is 10.2 Å². The summed E-state index contributed by atoms with van der Waals surface area (Å²) in [6, 6.07) is 11.3. The first-order valence-corrected chi connectivity index (χ1v) is 8.85. The first-order valence-electron chi connectivity index (χ1n) is 8.85. The van der Waals surface area contributed by atoms with Crippen LogP contribution in [0.5, 0.6) is 0 Å². The molecule has 2 saturated heterocycles. The fraction of sp³-hybridized carbons (Fsp3) is 0.632. The molecule has 4 bridgehead atoms. The van der Waals surface area contributed by atoms with Crippen LogP contribution in [0.25, 0.3) is 0 Å². The van der Waals surface area contributed by atoms with Crippen molar-refractivity contribution in [2.24, 2.45) is 22.7 Å². The Balaban J connectivity index is 1.39. The largest absolute Gasteiger partial charge is 0.373 e. The van der Waals surface area contributed by atoms with E-state index in [4.69, 9.17) is 4.99 Å². The van der Waals surface area contributed by atoms with Gasteiger partial charge in [0.25, 0.3) is 0 Å². The van der Waals surface area contributed by atoms with E-state index in [0.717, 1.165) is 30.8 Å². The highest BCUT2D eigenvalue weighted by Gasteiger charge is 2.41. The van der Waals surface area contributed by atoms with Gasteiger partial charge in [0.2, 0.25) is 0 Å². The van der Waals surface area contributed by atoms with Gasteiger partial charge in [0.15, 0.2) is 0 Å². The van der Waals surface area contributed by atoms with Gasteiger partial charge in [0.05, 0.1) is 12.4 Å². The van der Waals surface area contributed by atoms with Crippen LogP contribution >= 0.6 is 0 Å². The third kappa shape index (κ3) is 2.86. The number of aliphatic imine (C=N–C) groups is 1. The van der Waals surface area contributed by atoms with Crippen molar-refractivity contribution >= 4 is 11.5 Å². The number of para-hydroxylation sites is 1. The maximum absolute atomic E-state index is 4.97. The Hall–Kier alpha value is -1.51. The Morgan fingerprint density at radius 3 is 2.50 bits per heavy atom. The number of nitrogens with zero attached hydrogens (tertiary/aromatic N) is 2. The molecule has 2 unspecified atom stereocenters. The Kier molecular flexibility index (Phi) is 3.81. The minimum Gasteiger partial charge on any atom is -0.373 e. The van der Waals surface area contributed by atoms with Crippen LogP contribution in [-0.4, -0.2) is 32.0 Å². The number of nitrogens with one attached hydrogen (secondary N) is 1. The summed E-state index contributed by atoms with van der Waals surface area (Å²) < 4.78 is 0. The highest BCUT2D eigenvalue weighted by atomic mass is 15.1. The zero-order valence-corrected chi connectivity index (χ0v) is 13.5. The smallest absolute Gasteiger partial charge is 0.0997 e. The molecule has 5 rings (SSSR count). The van der Waals surface area contributed by atoms with Crippen molar-refractivity contribution in [2.45, 2.75) is 38.1 Å². The number of fused-ring (bicyclic) bond motifs is 1. The van der Waals surface area contributed by atoms with Gasteiger partial charge in [-0.05, 0) is 56.1 Å². The number of rotatable bonds is 4. The van der Waals surface area contributed by atoms with Gasteiger partial charge in [-0.15, -0.1) is 0 Å². The van der Waals surface area contributed by atoms with Crippen molar-refractivity contribution in [3.05, 3.63) is 30.3 Å². The predicted molar refractivity (Wildman–Crippen MR) is 92.5 cm³/mol. The molecular formula is C19H27N3. The summed E-state index contributed by atoms with van der Waals surface area (Å²) >= 11 is 0. The van der Waals surface area contributed by atoms with Crippen molar-refractivity contribution in [1.29, 1.82) is 0 Å². The molecule has 3 nitrogen and oxygen atoms in total. The molecule has 3 heteroatoms. The van der Waals surface area contributed by atoms with Crippen molar-refractivity contribution < 1.29 is 0 Å². The molecule has 4 atom stereocenters. The molecular weight excluding hydrogens is 270 g/mol. The number of hydrogen-bond donors (Lipinski definition) is 1. The highest BCUT2D eigenvalue weighted by molar-refractivity contribution is 5.85. The van der Waals surface area contributed by atoms with Gasteiger partial charge in [0.1, 0.15) is 0 Å². The van der Waals surface area contributed by atoms with Crippen LogP contribution in [0.4, 0.5) is 5.69 Å². The van der Waals surface area contributed by atoms with Gasteiger partial charge in [-0.25, -0.2) is 0 Å². The Labute approximate surface area is 133 Å². The highest BCUT2D eigenvalue weighted by Crippen LogP contribution is 2.45. The molecule has 2 heterocycles. The first kappa shape index (κ1) is 14.1. The molecule has 1 aromatic carbocycles. The fourth-order valence-electron chi connectivity index (χ4n) is 4.83. The van der Waals surface area contributed by atoms with Crippen molar-refractivity contribution in [3.8, 4) is 0 Å². The topological polar surface area (TPSA) is 27.6 Å². The quantitative estimate of drug-likeness (QED) is 0.923. The van der Waals surface area contributed by atoms with E-state index in [2.05, 4.69) is 47.6 Å². The Morgan fingerprint density at radius 1 is 1.05 bits per heavy atom. The van der Waals surface area contributed by atoms with E-state index in [1.807, 2.05) is 0 Å². The van der Waals surface area contributed by atoms with Crippen molar-refractivity contribution in [2.75, 3.05) is 25.0 Å². The molecule has 4 aliphatic rings. The van der Waals surface area contributed by atoms with E-state index >= 15 is 0 Å². The molecule has 0 spiro atoms. The number of amidine groups is 1. The standard InChI is InChI=1S/C19H27N3/c1-22(18-5-3-2-4-6-18)8-7-20-19-16-10-14-9-15(11-16)13-17(12-14)21-19/h2-6,14-17H,7-13H2,1H3,(H,20,21)/t14-,15+,16?,17?. The summed E-state index contributed by atoms with van der Waals surface area (Å²) in [4.78, 5) is 7.27. The van der Waals surface area contributed by atoms with Crippen molar-refractivity contribution in [3.63, 3.8) is 0 Å². The second-order valence-electron chi connectivity index (χ2n) is 7.47. The summed E-state index contributed by atoms with van der Waals surface area (Å²) in [5, 5.41) is 3.78. The molecule has 2 aliphatic heterocycles. The van der Waals surface area contributed by atoms with Crippen LogP contribution in [0.3, 0.4) is 0 Å². The van der Waals surface area contributed by atoms with E-state index in [1.165, 1.54) is 43.6 Å². The Morgan fingerprint density at radius 2 is 1.77 bits per heavy atom. The molecule has 1 N–H and O–H groups in total. The summed E-state index contributed by atoms with van der Waals surface area (Å²) in [7, 11) is 2.16. The van der Waals surface area contributed by atoms with Crippen LogP contribution in [0.15, 0.2) is 35.3 Å². The third-order valence-corrected chi connectivity index (χ3v) is 5.79. The van der Waals surface area contributed by atoms with E-state index in [1.54, 1.807) is 0 Å². The van der Waals surface area contributed by atoms with Gasteiger partial charge < -0.3 is 10.2 Å². The molecule has 4 fully saturated rings. The van der Waals surface area contributed by atoms with Gasteiger partial charge in [-0.2, -0.15) is 0 Å². The molecule has 0 radical (unpaired) electrons. The number of likely N-dealkylation sites (N-methyl/N-ethyl adjacent to an activating group) is 1. The van der Waals surface area contributed by atoms with Crippen LogP contribution in [0, 0.1) is 17.8 Å². The van der Waals surface area contributed by atoms with Crippen LogP contribution in [0.2, 0.25) is 0 Å². The normalized spacial score (nSPS) is 34.5. The minimum atomic E-state index is 0.710. The molecule has 0 aromatic heterocycles. The van der Waals surface area contributed by atoms with Crippen LogP contribution in [-0.2, 0) is 0 Å². The maximum Gasteiger partial charge on any atom is 0.0997 e. The SMILES string of the molecule is CN(CCN=C1NC2C[C@@H]3CC1C[C@H](C2)C3)c1ccccc1. The lowest BCUT2D eigenvalue weighted by Crippen LogP contribution is -2.36. The summed E-state index contributed by atoms with van der Waals surface area (Å²) in [6.45, 7) is 1.88. The zero-order valence-electron chi connectivity index (χ0n) is 13.5. The maximum atomic E-state index is 4.97. The molecule has 2 saturated carbocycles. The lowest BCUT2D eigenvalue weighted by molar-refractivity contribution is 0.162. The molecule has 118 valence electrons. The zero-order chi connectivity index (χ0) is 14.9. The minimum absolute atomic E-state index is 0.710. The van der Waals surface area contributed by atoms with E-state index in [-0.39, 0.29) is 0 Å². The lowest BCUT2D eigenvalue weighted by atomic mass is 9.68. The average Bonchev–Trinajstić information content (AvgIpc) is 2.72. The van der Waals surface area contributed by atoms with Gasteiger partial charge in [0, 0.05) is 31.2 Å². The monoisotopic (exact) mass is 297 g/mol. The molecule has 22 heavy (non-hydrogen) atoms. The second kappa shape index (κ2) is 5.94. The second-order valence-corrected chi connectivity index (χ2v) is 7.47. The summed E-state index contributed by atoms with van der Waals surface area (Å²) in [5.41, 5.74) is 1.27. The number of hydrogen-bond acceptors (Lipinski definition) is 2. The number of anilines is 1. The Bertz CT molecular complexity index is 525. The molecule has 0 amide bonds. The first-order chi connectivity index (χ1) is 10.8. The third-order valence-electron chi connectivity index (χ3n) is 5.79.